The van der Waals surface area contributed by atoms with E-state index in [1.807, 2.05) is 17.0 Å². The molecule has 0 N–H and O–H groups in total. The molecule has 0 bridgehead atoms. The molecule has 7 heteroatoms. The number of benzene rings is 1. The topological polar surface area (TPSA) is 59.2 Å². The van der Waals surface area contributed by atoms with E-state index in [-0.39, 0.29) is 5.91 Å². The van der Waals surface area contributed by atoms with E-state index >= 15 is 0 Å². The number of rotatable bonds is 3. The fourth-order valence-electron chi connectivity index (χ4n) is 3.07. The van der Waals surface area contributed by atoms with Gasteiger partial charge in [-0.1, -0.05) is 33.2 Å². The first-order valence-corrected chi connectivity index (χ1v) is 9.79. The Balaban J connectivity index is 1.42. The van der Waals surface area contributed by atoms with Crippen LogP contribution in [-0.2, 0) is 0 Å². The summed E-state index contributed by atoms with van der Waals surface area (Å²) >= 11 is 5.21. The van der Waals surface area contributed by atoms with E-state index in [2.05, 4.69) is 38.6 Å². The van der Waals surface area contributed by atoms with Crippen molar-refractivity contribution < 1.29 is 9.32 Å². The average molecular weight is 418 g/mol. The first kappa shape index (κ1) is 16.5. The van der Waals surface area contributed by atoms with Gasteiger partial charge in [-0.2, -0.15) is 0 Å². The lowest BCUT2D eigenvalue weighted by atomic mass is 9.97. The van der Waals surface area contributed by atoms with Crippen molar-refractivity contribution in [2.45, 2.75) is 18.8 Å². The largest absolute Gasteiger partial charge is 0.351 e. The summed E-state index contributed by atoms with van der Waals surface area (Å²) in [6, 6.07) is 9.79. The molecule has 4 rings (SSSR count). The van der Waals surface area contributed by atoms with Crippen LogP contribution in [0.1, 0.15) is 34.3 Å². The second-order valence-corrected chi connectivity index (χ2v) is 7.83. The minimum Gasteiger partial charge on any atom is -0.351 e. The molecule has 0 radical (unpaired) electrons. The van der Waals surface area contributed by atoms with Gasteiger partial charge in [-0.05, 0) is 25.0 Å². The van der Waals surface area contributed by atoms with Crippen molar-refractivity contribution in [3.05, 3.63) is 57.1 Å². The van der Waals surface area contributed by atoms with Crippen molar-refractivity contribution in [1.29, 1.82) is 0 Å². The summed E-state index contributed by atoms with van der Waals surface area (Å²) in [6.45, 7) is 1.44. The van der Waals surface area contributed by atoms with E-state index in [0.717, 1.165) is 46.7 Å². The van der Waals surface area contributed by atoms with Crippen LogP contribution in [0.4, 0.5) is 0 Å². The highest BCUT2D eigenvalue weighted by Crippen LogP contribution is 2.33. The molecule has 0 saturated carbocycles. The Bertz CT molecular complexity index is 870. The van der Waals surface area contributed by atoms with Gasteiger partial charge in [-0.3, -0.25) is 4.79 Å². The van der Waals surface area contributed by atoms with Crippen molar-refractivity contribution in [3.63, 3.8) is 0 Å². The number of nitrogens with zero attached hydrogens (tertiary/aromatic N) is 3. The van der Waals surface area contributed by atoms with E-state index in [9.17, 15) is 4.79 Å². The van der Waals surface area contributed by atoms with Crippen LogP contribution in [0.15, 0.2) is 50.9 Å². The highest BCUT2D eigenvalue weighted by molar-refractivity contribution is 9.10. The minimum atomic E-state index is -0.0788. The zero-order chi connectivity index (χ0) is 17.2. The van der Waals surface area contributed by atoms with Gasteiger partial charge in [0.15, 0.2) is 0 Å². The van der Waals surface area contributed by atoms with Gasteiger partial charge in [0.05, 0.1) is 16.9 Å². The second-order valence-electron chi connectivity index (χ2n) is 6.02. The predicted molar refractivity (Wildman–Crippen MR) is 99.6 cm³/mol. The van der Waals surface area contributed by atoms with Gasteiger partial charge in [-0.15, -0.1) is 11.3 Å². The van der Waals surface area contributed by atoms with E-state index in [4.69, 9.17) is 9.51 Å². The predicted octanol–water partition coefficient (Wildman–Crippen LogP) is 4.58. The third-order valence-electron chi connectivity index (χ3n) is 4.42. The molecule has 1 fully saturated rings. The molecule has 2 aromatic heterocycles. The summed E-state index contributed by atoms with van der Waals surface area (Å²) in [7, 11) is 0. The standard InChI is InChI=1S/C18H16BrN3O2S/c19-14-3-1-2-13(10-14)15-11-25-17(21-15)12-5-8-22(9-6-12)18(23)16-4-7-20-24-16/h1-4,7,10-12H,5-6,8-9H2. The lowest BCUT2D eigenvalue weighted by Gasteiger charge is -2.30. The molecule has 0 atom stereocenters. The van der Waals surface area contributed by atoms with Crippen LogP contribution in [0.3, 0.4) is 0 Å². The number of amides is 1. The Kier molecular flexibility index (Phi) is 4.67. The number of carbonyl (C=O) groups is 1. The van der Waals surface area contributed by atoms with Gasteiger partial charge in [-0.25, -0.2) is 4.98 Å². The molecule has 1 aliphatic heterocycles. The maximum atomic E-state index is 12.3. The number of carbonyl (C=O) groups excluding carboxylic acids is 1. The fourth-order valence-corrected chi connectivity index (χ4v) is 4.47. The number of hydrogen-bond donors (Lipinski definition) is 0. The van der Waals surface area contributed by atoms with Gasteiger partial charge in [0.1, 0.15) is 0 Å². The van der Waals surface area contributed by atoms with Crippen molar-refractivity contribution >= 4 is 33.2 Å². The Morgan fingerprint density at radius 2 is 2.12 bits per heavy atom. The maximum Gasteiger partial charge on any atom is 0.292 e. The van der Waals surface area contributed by atoms with E-state index in [0.29, 0.717) is 11.7 Å². The zero-order valence-electron chi connectivity index (χ0n) is 13.4. The highest BCUT2D eigenvalue weighted by atomic mass is 79.9. The molecule has 1 aliphatic rings. The Morgan fingerprint density at radius 1 is 1.28 bits per heavy atom. The van der Waals surface area contributed by atoms with Crippen LogP contribution >= 0.6 is 27.3 Å². The Labute approximate surface area is 157 Å². The van der Waals surface area contributed by atoms with Crippen molar-refractivity contribution in [2.24, 2.45) is 0 Å². The van der Waals surface area contributed by atoms with Gasteiger partial charge in [0.2, 0.25) is 5.76 Å². The molecular formula is C18H16BrN3O2S. The van der Waals surface area contributed by atoms with E-state index in [1.54, 1.807) is 17.4 Å². The fraction of sp³-hybridized carbons (Fsp3) is 0.278. The number of likely N-dealkylation sites (tertiary alicyclic amines) is 1. The SMILES string of the molecule is O=C(c1ccno1)N1CCC(c2nc(-c3cccc(Br)c3)cs2)CC1. The highest BCUT2D eigenvalue weighted by Gasteiger charge is 2.27. The third kappa shape index (κ3) is 3.52. The molecular weight excluding hydrogens is 402 g/mol. The van der Waals surface area contributed by atoms with E-state index < -0.39 is 0 Å². The lowest BCUT2D eigenvalue weighted by Crippen LogP contribution is -2.37. The summed E-state index contributed by atoms with van der Waals surface area (Å²) in [5.74, 6) is 0.638. The smallest absolute Gasteiger partial charge is 0.292 e. The number of thiazole rings is 1. The van der Waals surface area contributed by atoms with Crippen LogP contribution in [0.2, 0.25) is 0 Å². The lowest BCUT2D eigenvalue weighted by molar-refractivity contribution is 0.0671. The Hall–Kier alpha value is -1.99. The van der Waals surface area contributed by atoms with Gasteiger partial charge in [0, 0.05) is 40.5 Å². The summed E-state index contributed by atoms with van der Waals surface area (Å²) in [5, 5.41) is 6.87. The molecule has 3 heterocycles. The molecule has 1 saturated heterocycles. The quantitative estimate of drug-likeness (QED) is 0.625. The monoisotopic (exact) mass is 417 g/mol. The molecule has 0 aliphatic carbocycles. The van der Waals surface area contributed by atoms with Gasteiger partial charge >= 0.3 is 0 Å². The minimum absolute atomic E-state index is 0.0788. The summed E-state index contributed by atoms with van der Waals surface area (Å²) in [6.07, 6.45) is 3.34. The van der Waals surface area contributed by atoms with Crippen LogP contribution in [0, 0.1) is 0 Å². The molecule has 128 valence electrons. The number of halogens is 1. The maximum absolute atomic E-state index is 12.3. The summed E-state index contributed by atoms with van der Waals surface area (Å²) in [4.78, 5) is 19.0. The van der Waals surface area contributed by atoms with Crippen molar-refractivity contribution in [2.75, 3.05) is 13.1 Å². The second kappa shape index (κ2) is 7.09. The third-order valence-corrected chi connectivity index (χ3v) is 5.92. The van der Waals surface area contributed by atoms with Crippen LogP contribution < -0.4 is 0 Å². The molecule has 25 heavy (non-hydrogen) atoms. The first-order valence-electron chi connectivity index (χ1n) is 8.12. The number of piperidine rings is 1. The van der Waals surface area contributed by atoms with Crippen LogP contribution in [0.5, 0.6) is 0 Å². The van der Waals surface area contributed by atoms with Crippen LogP contribution in [0.25, 0.3) is 11.3 Å². The molecule has 0 unspecified atom stereocenters. The van der Waals surface area contributed by atoms with E-state index in [1.165, 1.54) is 6.20 Å². The summed E-state index contributed by atoms with van der Waals surface area (Å²) < 4.78 is 6.02. The van der Waals surface area contributed by atoms with Gasteiger partial charge < -0.3 is 9.42 Å². The normalized spacial score (nSPS) is 15.5. The van der Waals surface area contributed by atoms with Crippen molar-refractivity contribution in [1.82, 2.24) is 15.0 Å². The molecule has 1 aromatic carbocycles. The average Bonchev–Trinajstić information content (AvgIpc) is 3.33. The molecule has 5 nitrogen and oxygen atoms in total. The first-order chi connectivity index (χ1) is 12.2. The van der Waals surface area contributed by atoms with Gasteiger partial charge in [0.25, 0.3) is 5.91 Å². The molecule has 0 spiro atoms. The van der Waals surface area contributed by atoms with Crippen molar-refractivity contribution in [3.8, 4) is 11.3 Å². The zero-order valence-corrected chi connectivity index (χ0v) is 15.8. The molecule has 3 aromatic rings. The summed E-state index contributed by atoms with van der Waals surface area (Å²) in [5.41, 5.74) is 2.14. The Morgan fingerprint density at radius 3 is 2.84 bits per heavy atom. The number of aromatic nitrogens is 2. The van der Waals surface area contributed by atoms with Crippen LogP contribution in [-0.4, -0.2) is 34.0 Å². The molecule has 1 amide bonds. The number of hydrogen-bond acceptors (Lipinski definition) is 5.